The van der Waals surface area contributed by atoms with Crippen LogP contribution in [0.25, 0.3) is 0 Å². The summed E-state index contributed by atoms with van der Waals surface area (Å²) in [5, 5.41) is 13.9. The van der Waals surface area contributed by atoms with Gasteiger partial charge in [0, 0.05) is 19.5 Å². The van der Waals surface area contributed by atoms with E-state index in [-0.39, 0.29) is 29.5 Å². The average molecular weight is 458 g/mol. The molecule has 1 heterocycles. The first-order valence-electron chi connectivity index (χ1n) is 9.72. The van der Waals surface area contributed by atoms with Crippen molar-refractivity contribution in [3.63, 3.8) is 0 Å². The summed E-state index contributed by atoms with van der Waals surface area (Å²) in [5.74, 6) is -1.42. The van der Waals surface area contributed by atoms with Crippen LogP contribution in [0.2, 0.25) is 0 Å². The maximum Gasteiger partial charge on any atom is 0.254 e. The molecule has 0 aliphatic heterocycles. The SMILES string of the molecule is C=CCn1c(CCNC(=O)c2ccccc2F)nnc1SCC(=O)Nc1ccccc1F. The van der Waals surface area contributed by atoms with Gasteiger partial charge in [-0.1, -0.05) is 42.1 Å². The van der Waals surface area contributed by atoms with Crippen molar-refractivity contribution in [2.24, 2.45) is 0 Å². The molecule has 0 atom stereocenters. The van der Waals surface area contributed by atoms with Crippen molar-refractivity contribution in [1.29, 1.82) is 0 Å². The standard InChI is InChI=1S/C22H21F2N5O2S/c1-2-13-29-19(11-12-25-21(31)15-7-3-4-8-16(15)23)27-28-22(29)32-14-20(30)26-18-10-6-5-9-17(18)24/h2-10H,1,11-14H2,(H,25,31)(H,26,30). The highest BCUT2D eigenvalue weighted by Gasteiger charge is 2.15. The zero-order valence-corrected chi connectivity index (χ0v) is 17.9. The smallest absolute Gasteiger partial charge is 0.254 e. The lowest BCUT2D eigenvalue weighted by Gasteiger charge is -2.09. The van der Waals surface area contributed by atoms with E-state index in [4.69, 9.17) is 0 Å². The fourth-order valence-corrected chi connectivity index (χ4v) is 3.60. The summed E-state index contributed by atoms with van der Waals surface area (Å²) >= 11 is 1.15. The zero-order chi connectivity index (χ0) is 22.9. The first-order valence-corrected chi connectivity index (χ1v) is 10.7. The Labute approximate surface area is 187 Å². The Bertz CT molecular complexity index is 1120. The van der Waals surface area contributed by atoms with Crippen LogP contribution < -0.4 is 10.6 Å². The number of para-hydroxylation sites is 1. The Kier molecular flexibility index (Phi) is 8.09. The molecule has 2 aromatic carbocycles. The molecule has 3 rings (SSSR count). The summed E-state index contributed by atoms with van der Waals surface area (Å²) in [5.41, 5.74) is 0.0779. The predicted octanol–water partition coefficient (Wildman–Crippen LogP) is 3.45. The minimum Gasteiger partial charge on any atom is -0.351 e. The van der Waals surface area contributed by atoms with Crippen molar-refractivity contribution < 1.29 is 18.4 Å². The molecule has 0 aliphatic rings. The van der Waals surface area contributed by atoms with E-state index >= 15 is 0 Å². The van der Waals surface area contributed by atoms with E-state index in [0.717, 1.165) is 11.8 Å². The van der Waals surface area contributed by atoms with E-state index < -0.39 is 17.5 Å². The van der Waals surface area contributed by atoms with Gasteiger partial charge in [0.1, 0.15) is 17.5 Å². The third-order valence-corrected chi connectivity index (χ3v) is 5.30. The first kappa shape index (κ1) is 23.1. The number of allylic oxidation sites excluding steroid dienone is 1. The summed E-state index contributed by atoms with van der Waals surface area (Å²) in [6.07, 6.45) is 2.01. The fraction of sp³-hybridized carbons (Fsp3) is 0.182. The van der Waals surface area contributed by atoms with E-state index in [2.05, 4.69) is 27.4 Å². The Morgan fingerprint density at radius 1 is 1.06 bits per heavy atom. The van der Waals surface area contributed by atoms with Crippen LogP contribution in [0, 0.1) is 11.6 Å². The van der Waals surface area contributed by atoms with Crippen molar-refractivity contribution in [2.75, 3.05) is 17.6 Å². The van der Waals surface area contributed by atoms with Gasteiger partial charge in [-0.2, -0.15) is 0 Å². The first-order chi connectivity index (χ1) is 15.5. The van der Waals surface area contributed by atoms with Gasteiger partial charge in [0.05, 0.1) is 17.0 Å². The van der Waals surface area contributed by atoms with E-state index in [1.165, 1.54) is 36.4 Å². The highest BCUT2D eigenvalue weighted by molar-refractivity contribution is 7.99. The molecule has 0 aliphatic carbocycles. The topological polar surface area (TPSA) is 88.9 Å². The third kappa shape index (κ3) is 6.01. The number of amides is 2. The largest absolute Gasteiger partial charge is 0.351 e. The number of carbonyl (C=O) groups is 2. The molecule has 1 aromatic heterocycles. The van der Waals surface area contributed by atoms with Gasteiger partial charge in [0.15, 0.2) is 5.16 Å². The number of rotatable bonds is 10. The van der Waals surface area contributed by atoms with Crippen molar-refractivity contribution in [2.45, 2.75) is 18.1 Å². The molecule has 10 heteroatoms. The van der Waals surface area contributed by atoms with Gasteiger partial charge in [0.2, 0.25) is 5.91 Å². The molecule has 0 unspecified atom stereocenters. The van der Waals surface area contributed by atoms with Crippen LogP contribution in [0.4, 0.5) is 14.5 Å². The van der Waals surface area contributed by atoms with Crippen LogP contribution in [-0.2, 0) is 17.8 Å². The number of nitrogens with one attached hydrogen (secondary N) is 2. The van der Waals surface area contributed by atoms with Gasteiger partial charge >= 0.3 is 0 Å². The normalized spacial score (nSPS) is 10.6. The van der Waals surface area contributed by atoms with Crippen LogP contribution in [0.15, 0.2) is 66.3 Å². The molecule has 0 radical (unpaired) electrons. The number of carbonyl (C=O) groups excluding carboxylic acids is 2. The monoisotopic (exact) mass is 457 g/mol. The Morgan fingerprint density at radius 2 is 1.78 bits per heavy atom. The molecule has 2 amide bonds. The number of hydrogen-bond acceptors (Lipinski definition) is 5. The van der Waals surface area contributed by atoms with Crippen molar-refractivity contribution in [1.82, 2.24) is 20.1 Å². The minimum absolute atomic E-state index is 0.00757. The van der Waals surface area contributed by atoms with Crippen molar-refractivity contribution >= 4 is 29.3 Å². The summed E-state index contributed by atoms with van der Waals surface area (Å²) in [7, 11) is 0. The third-order valence-electron chi connectivity index (χ3n) is 4.34. The van der Waals surface area contributed by atoms with E-state index in [1.54, 1.807) is 22.8 Å². The van der Waals surface area contributed by atoms with Crippen LogP contribution in [0.3, 0.4) is 0 Å². The maximum absolute atomic E-state index is 13.7. The van der Waals surface area contributed by atoms with E-state index in [1.807, 2.05) is 0 Å². The molecule has 0 bridgehead atoms. The fourth-order valence-electron chi connectivity index (χ4n) is 2.83. The van der Waals surface area contributed by atoms with Gasteiger partial charge < -0.3 is 15.2 Å². The molecular weight excluding hydrogens is 436 g/mol. The molecule has 0 fully saturated rings. The number of anilines is 1. The van der Waals surface area contributed by atoms with Crippen molar-refractivity contribution in [3.05, 3.63) is 84.2 Å². The van der Waals surface area contributed by atoms with Crippen molar-refractivity contribution in [3.8, 4) is 0 Å². The Balaban J connectivity index is 1.57. The second-order valence-electron chi connectivity index (χ2n) is 6.60. The van der Waals surface area contributed by atoms with Crippen LogP contribution in [0.1, 0.15) is 16.2 Å². The lowest BCUT2D eigenvalue weighted by atomic mass is 10.2. The number of benzene rings is 2. The predicted molar refractivity (Wildman–Crippen MR) is 118 cm³/mol. The highest BCUT2D eigenvalue weighted by atomic mass is 32.2. The summed E-state index contributed by atoms with van der Waals surface area (Å²) in [6, 6.07) is 11.6. The number of nitrogens with zero attached hydrogens (tertiary/aromatic N) is 3. The number of halogens is 2. The van der Waals surface area contributed by atoms with Gasteiger partial charge in [-0.25, -0.2) is 8.78 Å². The van der Waals surface area contributed by atoms with Gasteiger partial charge in [0.25, 0.3) is 5.91 Å². The van der Waals surface area contributed by atoms with Crippen LogP contribution in [-0.4, -0.2) is 38.9 Å². The lowest BCUT2D eigenvalue weighted by Crippen LogP contribution is -2.27. The molecule has 32 heavy (non-hydrogen) atoms. The number of hydrogen-bond donors (Lipinski definition) is 2. The second-order valence-corrected chi connectivity index (χ2v) is 7.54. The minimum atomic E-state index is -0.591. The molecule has 0 spiro atoms. The molecular formula is C22H21F2N5O2S. The highest BCUT2D eigenvalue weighted by Crippen LogP contribution is 2.19. The van der Waals surface area contributed by atoms with Gasteiger partial charge in [-0.05, 0) is 24.3 Å². The van der Waals surface area contributed by atoms with E-state index in [0.29, 0.717) is 23.9 Å². The second kappa shape index (κ2) is 11.2. The molecule has 0 saturated carbocycles. The van der Waals surface area contributed by atoms with Gasteiger partial charge in [-0.3, -0.25) is 9.59 Å². The van der Waals surface area contributed by atoms with E-state index in [9.17, 15) is 18.4 Å². The summed E-state index contributed by atoms with van der Waals surface area (Å²) in [4.78, 5) is 24.3. The Morgan fingerprint density at radius 3 is 2.50 bits per heavy atom. The number of aromatic nitrogens is 3. The Hall–Kier alpha value is -3.53. The average Bonchev–Trinajstić information content (AvgIpc) is 3.16. The summed E-state index contributed by atoms with van der Waals surface area (Å²) in [6.45, 7) is 4.35. The van der Waals surface area contributed by atoms with Crippen LogP contribution >= 0.6 is 11.8 Å². The lowest BCUT2D eigenvalue weighted by molar-refractivity contribution is -0.113. The molecule has 7 nitrogen and oxygen atoms in total. The molecule has 2 N–H and O–H groups in total. The number of thioether (sulfide) groups is 1. The molecule has 3 aromatic rings. The zero-order valence-electron chi connectivity index (χ0n) is 17.1. The molecule has 166 valence electrons. The quantitative estimate of drug-likeness (QED) is 0.360. The van der Waals surface area contributed by atoms with Crippen LogP contribution in [0.5, 0.6) is 0 Å². The molecule has 0 saturated heterocycles. The maximum atomic E-state index is 13.7. The van der Waals surface area contributed by atoms with Gasteiger partial charge in [-0.15, -0.1) is 16.8 Å². The summed E-state index contributed by atoms with van der Waals surface area (Å²) < 4.78 is 29.2.